The molecule has 0 aromatic carbocycles. The van der Waals surface area contributed by atoms with Crippen LogP contribution in [0.3, 0.4) is 0 Å². The first kappa shape index (κ1) is 15.9. The van der Waals surface area contributed by atoms with Crippen molar-refractivity contribution in [2.24, 2.45) is 0 Å². The van der Waals surface area contributed by atoms with Crippen molar-refractivity contribution in [1.82, 2.24) is 15.2 Å². The number of aromatic nitrogens is 1. The van der Waals surface area contributed by atoms with Crippen molar-refractivity contribution in [1.29, 1.82) is 0 Å². The van der Waals surface area contributed by atoms with Gasteiger partial charge in [0.2, 0.25) is 5.01 Å². The number of likely N-dealkylation sites (tertiary alicyclic amines) is 1. The Bertz CT molecular complexity index is 503. The molecule has 21 heavy (non-hydrogen) atoms. The molecule has 2 rings (SSSR count). The predicted octanol–water partition coefficient (Wildman–Crippen LogP) is 1.53. The van der Waals surface area contributed by atoms with E-state index < -0.39 is 5.97 Å². The van der Waals surface area contributed by atoms with E-state index in [0.29, 0.717) is 19.2 Å². The van der Waals surface area contributed by atoms with Crippen molar-refractivity contribution in [3.8, 4) is 0 Å². The van der Waals surface area contributed by atoms with Crippen LogP contribution < -0.4 is 5.32 Å². The summed E-state index contributed by atoms with van der Waals surface area (Å²) in [4.78, 5) is 29.9. The van der Waals surface area contributed by atoms with Crippen LogP contribution in [0.15, 0.2) is 5.38 Å². The van der Waals surface area contributed by atoms with E-state index in [4.69, 9.17) is 4.74 Å². The first-order valence-electron chi connectivity index (χ1n) is 7.23. The lowest BCUT2D eigenvalue weighted by atomic mass is 10.0. The van der Waals surface area contributed by atoms with Crippen molar-refractivity contribution >= 4 is 23.2 Å². The molecule has 0 bridgehead atoms. The van der Waals surface area contributed by atoms with E-state index in [1.54, 1.807) is 12.3 Å². The maximum atomic E-state index is 12.1. The second-order valence-electron chi connectivity index (χ2n) is 5.10. The number of piperidine rings is 1. The highest BCUT2D eigenvalue weighted by Gasteiger charge is 2.21. The first-order chi connectivity index (χ1) is 10.1. The minimum absolute atomic E-state index is 0.219. The van der Waals surface area contributed by atoms with E-state index in [0.717, 1.165) is 24.3 Å². The second-order valence-corrected chi connectivity index (χ2v) is 5.96. The first-order valence-corrected chi connectivity index (χ1v) is 8.11. The number of rotatable bonds is 5. The van der Waals surface area contributed by atoms with E-state index in [1.807, 2.05) is 0 Å². The van der Waals surface area contributed by atoms with Gasteiger partial charge in [0.15, 0.2) is 0 Å². The van der Waals surface area contributed by atoms with E-state index in [1.165, 1.54) is 12.8 Å². The lowest BCUT2D eigenvalue weighted by molar-refractivity contribution is 0.0526. The van der Waals surface area contributed by atoms with Crippen LogP contribution in [0.25, 0.3) is 0 Å². The standard InChI is InChI=1S/C14H21N3O3S/c1-3-20-14(19)13-16-11(9-21-13)12(18)15-8-10-6-4-5-7-17(10)2/h9-10H,3-8H2,1-2H3,(H,15,18). The quantitative estimate of drug-likeness (QED) is 0.835. The molecule has 1 atom stereocenters. The van der Waals surface area contributed by atoms with Crippen molar-refractivity contribution < 1.29 is 14.3 Å². The lowest BCUT2D eigenvalue weighted by Gasteiger charge is -2.32. The molecule has 1 amide bonds. The third-order valence-electron chi connectivity index (χ3n) is 3.61. The van der Waals surface area contributed by atoms with Crippen LogP contribution in [0.5, 0.6) is 0 Å². The average molecular weight is 311 g/mol. The van der Waals surface area contributed by atoms with Gasteiger partial charge in [-0.05, 0) is 33.4 Å². The summed E-state index contributed by atoms with van der Waals surface area (Å²) >= 11 is 1.13. The Kier molecular flexibility index (Phi) is 5.69. The van der Waals surface area contributed by atoms with Crippen LogP contribution in [-0.4, -0.2) is 54.5 Å². The van der Waals surface area contributed by atoms with Crippen LogP contribution in [0.4, 0.5) is 0 Å². The number of amides is 1. The number of hydrogen-bond acceptors (Lipinski definition) is 6. The molecule has 1 fully saturated rings. The number of ether oxygens (including phenoxy) is 1. The molecular weight excluding hydrogens is 290 g/mol. The molecule has 0 radical (unpaired) electrons. The molecule has 1 saturated heterocycles. The molecule has 1 aliphatic rings. The van der Waals surface area contributed by atoms with Crippen LogP contribution in [0.1, 0.15) is 46.5 Å². The summed E-state index contributed by atoms with van der Waals surface area (Å²) in [6.07, 6.45) is 3.52. The highest BCUT2D eigenvalue weighted by Crippen LogP contribution is 2.15. The Labute approximate surface area is 128 Å². The number of thiazole rings is 1. The maximum absolute atomic E-state index is 12.1. The van der Waals surface area contributed by atoms with Crippen molar-refractivity contribution in [2.75, 3.05) is 26.7 Å². The smallest absolute Gasteiger partial charge is 0.367 e. The largest absolute Gasteiger partial charge is 0.461 e. The molecule has 1 N–H and O–H groups in total. The van der Waals surface area contributed by atoms with E-state index in [-0.39, 0.29) is 16.6 Å². The fourth-order valence-corrected chi connectivity index (χ4v) is 3.06. The molecule has 6 nitrogen and oxygen atoms in total. The van der Waals surface area contributed by atoms with Gasteiger partial charge >= 0.3 is 5.97 Å². The topological polar surface area (TPSA) is 71.5 Å². The van der Waals surface area contributed by atoms with Gasteiger partial charge in [0.25, 0.3) is 5.91 Å². The zero-order valence-corrected chi connectivity index (χ0v) is 13.2. The molecule has 0 spiro atoms. The van der Waals surface area contributed by atoms with Crippen molar-refractivity contribution in [3.05, 3.63) is 16.1 Å². The Balaban J connectivity index is 1.87. The summed E-state index contributed by atoms with van der Waals surface area (Å²) in [6.45, 7) is 3.72. The monoisotopic (exact) mass is 311 g/mol. The predicted molar refractivity (Wildman–Crippen MR) is 80.7 cm³/mol. The van der Waals surface area contributed by atoms with E-state index >= 15 is 0 Å². The number of carbonyl (C=O) groups excluding carboxylic acids is 2. The van der Waals surface area contributed by atoms with Gasteiger partial charge in [-0.3, -0.25) is 4.79 Å². The molecule has 1 aromatic rings. The molecule has 1 unspecified atom stereocenters. The third kappa shape index (κ3) is 4.25. The molecule has 2 heterocycles. The average Bonchev–Trinajstić information content (AvgIpc) is 2.96. The lowest BCUT2D eigenvalue weighted by Crippen LogP contribution is -2.44. The molecule has 0 aliphatic carbocycles. The van der Waals surface area contributed by atoms with E-state index in [9.17, 15) is 9.59 Å². The number of carbonyl (C=O) groups is 2. The molecule has 116 valence electrons. The molecule has 1 aromatic heterocycles. The van der Waals surface area contributed by atoms with Crippen molar-refractivity contribution in [3.63, 3.8) is 0 Å². The van der Waals surface area contributed by atoms with Gasteiger partial charge in [0.1, 0.15) is 5.69 Å². The fraction of sp³-hybridized carbons (Fsp3) is 0.643. The summed E-state index contributed by atoms with van der Waals surface area (Å²) in [6, 6.07) is 0.380. The Morgan fingerprint density at radius 3 is 3.05 bits per heavy atom. The number of esters is 1. The molecule has 7 heteroatoms. The number of nitrogens with zero attached hydrogens (tertiary/aromatic N) is 2. The van der Waals surface area contributed by atoms with Gasteiger partial charge in [0.05, 0.1) is 6.61 Å². The van der Waals surface area contributed by atoms with Gasteiger partial charge in [-0.2, -0.15) is 0 Å². The summed E-state index contributed by atoms with van der Waals surface area (Å²) in [5.41, 5.74) is 0.279. The van der Waals surface area contributed by atoms with Gasteiger partial charge < -0.3 is 15.0 Å². The van der Waals surface area contributed by atoms with Gasteiger partial charge in [0, 0.05) is 18.0 Å². The van der Waals surface area contributed by atoms with Crippen molar-refractivity contribution in [2.45, 2.75) is 32.2 Å². The van der Waals surface area contributed by atoms with Crippen LogP contribution in [-0.2, 0) is 4.74 Å². The maximum Gasteiger partial charge on any atom is 0.367 e. The molecule has 1 aliphatic heterocycles. The summed E-state index contributed by atoms with van der Waals surface area (Å²) in [5.74, 6) is -0.714. The van der Waals surface area contributed by atoms with Gasteiger partial charge in [-0.25, -0.2) is 9.78 Å². The molecule has 0 saturated carbocycles. The minimum Gasteiger partial charge on any atom is -0.461 e. The Morgan fingerprint density at radius 1 is 1.52 bits per heavy atom. The SMILES string of the molecule is CCOC(=O)c1nc(C(=O)NCC2CCCCN2C)cs1. The summed E-state index contributed by atoms with van der Waals surface area (Å²) < 4.78 is 4.86. The summed E-state index contributed by atoms with van der Waals surface area (Å²) in [7, 11) is 2.08. The zero-order chi connectivity index (χ0) is 15.2. The van der Waals surface area contributed by atoms with Gasteiger partial charge in [-0.15, -0.1) is 11.3 Å². The van der Waals surface area contributed by atoms with Crippen LogP contribution in [0, 0.1) is 0 Å². The number of nitrogens with one attached hydrogen (secondary N) is 1. The van der Waals surface area contributed by atoms with Gasteiger partial charge in [-0.1, -0.05) is 6.42 Å². The minimum atomic E-state index is -0.478. The molecular formula is C14H21N3O3S. The summed E-state index contributed by atoms with van der Waals surface area (Å²) in [5, 5.41) is 4.70. The van der Waals surface area contributed by atoms with Crippen LogP contribution >= 0.6 is 11.3 Å². The number of likely N-dealkylation sites (N-methyl/N-ethyl adjacent to an activating group) is 1. The van der Waals surface area contributed by atoms with Crippen LogP contribution in [0.2, 0.25) is 0 Å². The normalized spacial score (nSPS) is 19.2. The highest BCUT2D eigenvalue weighted by molar-refractivity contribution is 7.11. The zero-order valence-electron chi connectivity index (χ0n) is 12.4. The third-order valence-corrected chi connectivity index (χ3v) is 4.43. The Hall–Kier alpha value is -1.47. The Morgan fingerprint density at radius 2 is 2.33 bits per heavy atom. The highest BCUT2D eigenvalue weighted by atomic mass is 32.1. The fourth-order valence-electron chi connectivity index (χ4n) is 2.37. The van der Waals surface area contributed by atoms with E-state index in [2.05, 4.69) is 22.2 Å². The number of hydrogen-bond donors (Lipinski definition) is 1. The second kappa shape index (κ2) is 7.51.